The van der Waals surface area contributed by atoms with E-state index in [0.29, 0.717) is 16.1 Å². The summed E-state index contributed by atoms with van der Waals surface area (Å²) in [6.07, 6.45) is -3.55. The van der Waals surface area contributed by atoms with Crippen molar-refractivity contribution >= 4 is 16.2 Å². The molecule has 1 saturated heterocycles. The lowest BCUT2D eigenvalue weighted by molar-refractivity contribution is -0.0913. The van der Waals surface area contributed by atoms with Crippen molar-refractivity contribution < 1.29 is 41.1 Å². The molecule has 1 fully saturated rings. The van der Waals surface area contributed by atoms with Gasteiger partial charge in [-0.2, -0.15) is 13.0 Å². The minimum absolute atomic E-state index is 0.0515. The molecular weight excluding hydrogens is 753 g/mol. The van der Waals surface area contributed by atoms with E-state index in [1.54, 1.807) is 47.1 Å². The average molecular weight is 799 g/mol. The summed E-state index contributed by atoms with van der Waals surface area (Å²) in [5.74, 6) is 1.25. The summed E-state index contributed by atoms with van der Waals surface area (Å²) in [5, 5.41) is 0. The van der Waals surface area contributed by atoms with E-state index in [2.05, 4.69) is 0 Å². The van der Waals surface area contributed by atoms with E-state index < -0.39 is 57.1 Å². The highest BCUT2D eigenvalue weighted by molar-refractivity contribution is 7.86. The summed E-state index contributed by atoms with van der Waals surface area (Å²) in [6.45, 7) is 7.86. The van der Waals surface area contributed by atoms with Crippen LogP contribution in [0.2, 0.25) is 0 Å². The van der Waals surface area contributed by atoms with Gasteiger partial charge in [0.15, 0.2) is 0 Å². The standard InChI is InChI=1S/C43H46N2O11S/c1-28-13-23-35(24-14-28)57(49,50)56-36-25-38(44-26-29(2)39(46)45(40(44)47)41(48)55-42(3,4)5)54-37(36)27-53-43(30-11-9-8-10-12-30,31-15-19-33(51-6)20-16-31)32-17-21-34(52-7)22-18-32/h8-24,26,36-38H,25,27H2,1-7H3/t36-,37-,38?/m1/s1. The quantitative estimate of drug-likeness (QED) is 0.101. The smallest absolute Gasteiger partial charge is 0.425 e. The number of rotatable bonds is 12. The Morgan fingerprint density at radius 3 is 1.86 bits per heavy atom. The van der Waals surface area contributed by atoms with Gasteiger partial charge in [-0.15, -0.1) is 0 Å². The van der Waals surface area contributed by atoms with Crippen LogP contribution < -0.4 is 20.7 Å². The molecular formula is C43H46N2O11S. The predicted molar refractivity (Wildman–Crippen MR) is 211 cm³/mol. The van der Waals surface area contributed by atoms with Crippen molar-refractivity contribution in [3.63, 3.8) is 0 Å². The highest BCUT2D eigenvalue weighted by atomic mass is 32.2. The Bertz CT molecular complexity index is 2370. The van der Waals surface area contributed by atoms with Crippen LogP contribution >= 0.6 is 0 Å². The number of aryl methyl sites for hydroxylation is 2. The van der Waals surface area contributed by atoms with Crippen molar-refractivity contribution in [3.8, 4) is 11.5 Å². The summed E-state index contributed by atoms with van der Waals surface area (Å²) >= 11 is 0. The molecule has 300 valence electrons. The molecule has 13 nitrogen and oxygen atoms in total. The normalized spacial score (nSPS) is 17.3. The number of methoxy groups -OCH3 is 2. The number of ether oxygens (including phenoxy) is 5. The van der Waals surface area contributed by atoms with Crippen molar-refractivity contribution in [2.45, 2.75) is 75.6 Å². The fraction of sp³-hybridized carbons (Fsp3) is 0.326. The molecule has 1 unspecified atom stereocenters. The molecule has 57 heavy (non-hydrogen) atoms. The first kappa shape index (κ1) is 41.1. The van der Waals surface area contributed by atoms with Crippen LogP contribution in [0.15, 0.2) is 124 Å². The fourth-order valence-electron chi connectivity index (χ4n) is 6.70. The van der Waals surface area contributed by atoms with Crippen LogP contribution in [-0.4, -0.2) is 62.3 Å². The van der Waals surface area contributed by atoms with Gasteiger partial charge in [0.2, 0.25) is 0 Å². The van der Waals surface area contributed by atoms with E-state index in [0.717, 1.165) is 26.8 Å². The van der Waals surface area contributed by atoms with Gasteiger partial charge in [-0.05, 0) is 87.7 Å². The molecule has 3 atom stereocenters. The molecule has 14 heteroatoms. The molecule has 0 radical (unpaired) electrons. The first-order valence-electron chi connectivity index (χ1n) is 18.3. The molecule has 2 heterocycles. The Morgan fingerprint density at radius 2 is 1.33 bits per heavy atom. The van der Waals surface area contributed by atoms with E-state index in [1.807, 2.05) is 85.8 Å². The highest BCUT2D eigenvalue weighted by Gasteiger charge is 2.45. The van der Waals surface area contributed by atoms with E-state index in [4.69, 9.17) is 27.9 Å². The maximum atomic E-state index is 13.9. The third-order valence-corrected chi connectivity index (χ3v) is 10.9. The molecule has 0 bridgehead atoms. The lowest BCUT2D eigenvalue weighted by Gasteiger charge is -2.37. The van der Waals surface area contributed by atoms with Crippen LogP contribution in [0, 0.1) is 13.8 Å². The third kappa shape index (κ3) is 8.74. The average Bonchev–Trinajstić information content (AvgIpc) is 3.58. The molecule has 4 aromatic carbocycles. The zero-order valence-corrected chi connectivity index (χ0v) is 33.6. The molecule has 0 spiro atoms. The second-order valence-electron chi connectivity index (χ2n) is 14.7. The Hall–Kier alpha value is -5.54. The third-order valence-electron chi connectivity index (χ3n) is 9.55. The summed E-state index contributed by atoms with van der Waals surface area (Å²) in [5.41, 5.74) is -1.11. The van der Waals surface area contributed by atoms with Crippen LogP contribution in [0.5, 0.6) is 11.5 Å². The molecule has 1 aliphatic heterocycles. The van der Waals surface area contributed by atoms with Gasteiger partial charge in [-0.3, -0.25) is 13.5 Å². The molecule has 0 aliphatic carbocycles. The molecule has 0 saturated carbocycles. The largest absolute Gasteiger partial charge is 0.497 e. The van der Waals surface area contributed by atoms with E-state index in [1.165, 1.54) is 25.3 Å². The van der Waals surface area contributed by atoms with Gasteiger partial charge in [0.25, 0.3) is 15.7 Å². The Kier molecular flexibility index (Phi) is 11.9. The number of hydrogen-bond acceptors (Lipinski definition) is 11. The number of benzene rings is 4. The summed E-state index contributed by atoms with van der Waals surface area (Å²) in [6, 6.07) is 30.5. The zero-order valence-electron chi connectivity index (χ0n) is 32.8. The number of aromatic nitrogens is 2. The number of carbonyl (C=O) groups is 1. The number of carbonyl (C=O) groups excluding carboxylic acids is 1. The molecule has 1 aromatic heterocycles. The van der Waals surface area contributed by atoms with Crippen molar-refractivity contribution in [1.82, 2.24) is 9.13 Å². The van der Waals surface area contributed by atoms with E-state index >= 15 is 0 Å². The van der Waals surface area contributed by atoms with E-state index in [-0.39, 0.29) is 23.5 Å². The van der Waals surface area contributed by atoms with Crippen LogP contribution in [0.4, 0.5) is 4.79 Å². The first-order chi connectivity index (χ1) is 27.1. The topological polar surface area (TPSA) is 151 Å². The monoisotopic (exact) mass is 798 g/mol. The second-order valence-corrected chi connectivity index (χ2v) is 16.3. The molecule has 0 amide bonds. The fourth-order valence-corrected chi connectivity index (χ4v) is 7.81. The van der Waals surface area contributed by atoms with Gasteiger partial charge in [-0.1, -0.05) is 72.3 Å². The summed E-state index contributed by atoms with van der Waals surface area (Å²) < 4.78 is 64.9. The van der Waals surface area contributed by atoms with Gasteiger partial charge < -0.3 is 23.7 Å². The molecule has 0 N–H and O–H groups in total. The maximum absolute atomic E-state index is 13.9. The zero-order chi connectivity index (χ0) is 41.1. The van der Waals surface area contributed by atoms with Crippen LogP contribution in [-0.2, 0) is 34.1 Å². The highest BCUT2D eigenvalue weighted by Crippen LogP contribution is 2.43. The second kappa shape index (κ2) is 16.5. The van der Waals surface area contributed by atoms with Crippen LogP contribution in [0.1, 0.15) is 61.2 Å². The van der Waals surface area contributed by atoms with Gasteiger partial charge in [0, 0.05) is 18.2 Å². The van der Waals surface area contributed by atoms with Crippen molar-refractivity contribution in [1.29, 1.82) is 0 Å². The molecule has 1 aliphatic rings. The Balaban J connectivity index is 1.46. The minimum Gasteiger partial charge on any atom is -0.497 e. The van der Waals surface area contributed by atoms with Gasteiger partial charge in [-0.25, -0.2) is 9.59 Å². The van der Waals surface area contributed by atoms with Crippen LogP contribution in [0.25, 0.3) is 0 Å². The minimum atomic E-state index is -4.37. The molecule has 6 rings (SSSR count). The summed E-state index contributed by atoms with van der Waals surface area (Å²) in [4.78, 5) is 40.2. The number of nitrogens with zero attached hydrogens (tertiary/aromatic N) is 2. The van der Waals surface area contributed by atoms with Gasteiger partial charge in [0.1, 0.15) is 41.1 Å². The first-order valence-corrected chi connectivity index (χ1v) is 19.7. The molecule has 5 aromatic rings. The van der Waals surface area contributed by atoms with Crippen molar-refractivity contribution in [2.24, 2.45) is 0 Å². The Morgan fingerprint density at radius 1 is 0.789 bits per heavy atom. The van der Waals surface area contributed by atoms with Crippen molar-refractivity contribution in [2.75, 3.05) is 20.8 Å². The van der Waals surface area contributed by atoms with Gasteiger partial charge >= 0.3 is 11.8 Å². The summed E-state index contributed by atoms with van der Waals surface area (Å²) in [7, 11) is -1.22. The van der Waals surface area contributed by atoms with Crippen LogP contribution in [0.3, 0.4) is 0 Å². The predicted octanol–water partition coefficient (Wildman–Crippen LogP) is 6.50. The lowest BCUT2D eigenvalue weighted by Crippen LogP contribution is -2.47. The van der Waals surface area contributed by atoms with Crippen molar-refractivity contribution in [3.05, 3.63) is 158 Å². The SMILES string of the molecule is COc1ccc(C(OC[C@H]2OC(n3cc(C)c(=O)n(C(=O)OC(C)(C)C)c3=O)C[C@H]2OS(=O)(=O)c2ccc(C)cc2)(c2ccccc2)c2ccc(OC)cc2)cc1. The van der Waals surface area contributed by atoms with E-state index in [9.17, 15) is 22.8 Å². The maximum Gasteiger partial charge on any atom is 0.425 e. The Labute approximate surface area is 331 Å². The number of hydrogen-bond donors (Lipinski definition) is 0. The lowest BCUT2D eigenvalue weighted by atomic mass is 9.80. The van der Waals surface area contributed by atoms with Gasteiger partial charge in [0.05, 0.1) is 25.7 Å².